The second kappa shape index (κ2) is 15.6. The summed E-state index contributed by atoms with van der Waals surface area (Å²) in [5.41, 5.74) is 22.4. The van der Waals surface area contributed by atoms with Crippen LogP contribution in [-0.4, -0.2) is 52.2 Å². The first-order valence-corrected chi connectivity index (χ1v) is 11.0. The van der Waals surface area contributed by atoms with Crippen molar-refractivity contribution in [3.05, 3.63) is 28.8 Å². The van der Waals surface area contributed by atoms with Crippen LogP contribution in [-0.2, 0) is 6.54 Å². The highest BCUT2D eigenvalue weighted by molar-refractivity contribution is 5.59. The van der Waals surface area contributed by atoms with E-state index in [-0.39, 0.29) is 6.17 Å². The maximum atomic E-state index is 6.53. The number of benzene rings is 1. The average Bonchev–Trinajstić information content (AvgIpc) is 3.20. The van der Waals surface area contributed by atoms with Gasteiger partial charge in [-0.25, -0.2) is 5.43 Å². The zero-order chi connectivity index (χ0) is 22.4. The molecule has 0 saturated carbocycles. The molecule has 0 bridgehead atoms. The summed E-state index contributed by atoms with van der Waals surface area (Å²) in [6.07, 6.45) is 2.41. The van der Waals surface area contributed by atoms with Crippen molar-refractivity contribution in [1.29, 1.82) is 0 Å². The Morgan fingerprint density at radius 1 is 1.14 bits per heavy atom. The van der Waals surface area contributed by atoms with Crippen LogP contribution in [0.25, 0.3) is 0 Å². The largest absolute Gasteiger partial charge is 0.333 e. The van der Waals surface area contributed by atoms with Gasteiger partial charge in [0, 0.05) is 12.6 Å². The number of hydrogen-bond donors (Lipinski definition) is 6. The van der Waals surface area contributed by atoms with Gasteiger partial charge < -0.3 is 27.1 Å². The minimum Gasteiger partial charge on any atom is -0.333 e. The molecule has 170 valence electrons. The monoisotopic (exact) mass is 409 g/mol. The third-order valence-electron chi connectivity index (χ3n) is 5.29. The summed E-state index contributed by atoms with van der Waals surface area (Å²) in [4.78, 5) is 2.41. The molecule has 2 heterocycles. The first kappa shape index (κ1) is 27.8. The molecule has 29 heavy (non-hydrogen) atoms. The van der Waals surface area contributed by atoms with Crippen LogP contribution in [0.3, 0.4) is 0 Å². The lowest BCUT2D eigenvalue weighted by Crippen LogP contribution is -2.44. The molecule has 7 heteroatoms. The van der Waals surface area contributed by atoms with Crippen molar-refractivity contribution < 1.29 is 0 Å². The topological polar surface area (TPSA) is 103 Å². The van der Waals surface area contributed by atoms with Crippen LogP contribution >= 0.6 is 0 Å². The molecule has 1 aromatic rings. The minimum atomic E-state index is -0.105. The summed E-state index contributed by atoms with van der Waals surface area (Å²) in [6.45, 7) is 11.7. The van der Waals surface area contributed by atoms with Crippen LogP contribution in [0, 0.1) is 12.8 Å². The molecule has 2 aliphatic rings. The fraction of sp³-hybridized carbons (Fsp3) is 0.727. The summed E-state index contributed by atoms with van der Waals surface area (Å²) in [7, 11) is 7.46. The van der Waals surface area contributed by atoms with E-state index in [0.717, 1.165) is 18.2 Å². The highest BCUT2D eigenvalue weighted by Gasteiger charge is 2.26. The van der Waals surface area contributed by atoms with Crippen molar-refractivity contribution in [3.8, 4) is 0 Å². The van der Waals surface area contributed by atoms with E-state index in [1.807, 2.05) is 27.9 Å². The number of hydrogen-bond acceptors (Lipinski definition) is 7. The molecule has 0 aromatic heterocycles. The summed E-state index contributed by atoms with van der Waals surface area (Å²) in [5, 5.41) is 6.40. The number of nitrogens with one attached hydrogen (secondary N) is 4. The first-order valence-electron chi connectivity index (χ1n) is 11.0. The van der Waals surface area contributed by atoms with E-state index in [2.05, 4.69) is 65.1 Å². The smallest absolute Gasteiger partial charge is 0.0818 e. The van der Waals surface area contributed by atoms with E-state index >= 15 is 0 Å². The van der Waals surface area contributed by atoms with Crippen LogP contribution in [0.4, 0.5) is 5.69 Å². The lowest BCUT2D eigenvalue weighted by molar-refractivity contribution is 0.184. The number of nitrogens with two attached hydrogens (primary N) is 2. The number of hydrazine groups is 1. The van der Waals surface area contributed by atoms with Gasteiger partial charge in [-0.3, -0.25) is 5.32 Å². The molecule has 2 aliphatic heterocycles. The fourth-order valence-corrected chi connectivity index (χ4v) is 3.78. The zero-order valence-electron chi connectivity index (χ0n) is 20.0. The van der Waals surface area contributed by atoms with Gasteiger partial charge in [-0.2, -0.15) is 0 Å². The Bertz CT molecular complexity index is 542. The van der Waals surface area contributed by atoms with E-state index in [1.54, 1.807) is 0 Å². The minimum absolute atomic E-state index is 0.105. The molecule has 0 spiro atoms. The molecule has 0 aliphatic carbocycles. The van der Waals surface area contributed by atoms with Crippen LogP contribution in [0.1, 0.15) is 56.5 Å². The fourth-order valence-electron chi connectivity index (χ4n) is 3.78. The first-order chi connectivity index (χ1) is 14.0. The number of fused-ring (bicyclic) bond motifs is 1. The Hall–Kier alpha value is -1.22. The molecular weight excluding hydrogens is 362 g/mol. The molecule has 2 unspecified atom stereocenters. The maximum absolute atomic E-state index is 6.53. The van der Waals surface area contributed by atoms with Crippen LogP contribution in [0.15, 0.2) is 12.1 Å². The summed E-state index contributed by atoms with van der Waals surface area (Å²) in [6, 6.07) is 4.72. The molecule has 8 N–H and O–H groups in total. The second-order valence-electron chi connectivity index (χ2n) is 7.37. The molecule has 1 aromatic carbocycles. The lowest BCUT2D eigenvalue weighted by atomic mass is 9.89. The number of aryl methyl sites for hydroxylation is 1. The molecule has 3 rings (SSSR count). The van der Waals surface area contributed by atoms with Crippen LogP contribution < -0.4 is 33.0 Å². The van der Waals surface area contributed by atoms with Crippen molar-refractivity contribution in [2.45, 2.75) is 59.3 Å². The van der Waals surface area contributed by atoms with Crippen LogP contribution in [0.2, 0.25) is 0 Å². The quantitative estimate of drug-likeness (QED) is 0.423. The van der Waals surface area contributed by atoms with Crippen molar-refractivity contribution in [3.63, 3.8) is 0 Å². The van der Waals surface area contributed by atoms with E-state index < -0.39 is 0 Å². The van der Waals surface area contributed by atoms with Gasteiger partial charge >= 0.3 is 0 Å². The Labute approximate surface area is 179 Å². The van der Waals surface area contributed by atoms with Gasteiger partial charge in [0.15, 0.2) is 0 Å². The van der Waals surface area contributed by atoms with E-state index in [4.69, 9.17) is 5.73 Å². The zero-order valence-corrected chi connectivity index (χ0v) is 20.0. The van der Waals surface area contributed by atoms with E-state index in [0.29, 0.717) is 6.04 Å². The van der Waals surface area contributed by atoms with Gasteiger partial charge in [0.25, 0.3) is 0 Å². The molecular formula is C22H47N7. The van der Waals surface area contributed by atoms with Gasteiger partial charge in [0.2, 0.25) is 0 Å². The normalized spacial score (nSPS) is 17.9. The van der Waals surface area contributed by atoms with Gasteiger partial charge in [-0.1, -0.05) is 19.9 Å². The van der Waals surface area contributed by atoms with Gasteiger partial charge in [-0.15, -0.1) is 0 Å². The summed E-state index contributed by atoms with van der Waals surface area (Å²) < 4.78 is 0. The Morgan fingerprint density at radius 2 is 1.69 bits per heavy atom. The molecule has 7 nitrogen and oxygen atoms in total. The second-order valence-corrected chi connectivity index (χ2v) is 7.37. The number of piperidine rings is 1. The number of rotatable bonds is 4. The third kappa shape index (κ3) is 8.58. The predicted molar refractivity (Wildman–Crippen MR) is 128 cm³/mol. The van der Waals surface area contributed by atoms with E-state index in [9.17, 15) is 0 Å². The van der Waals surface area contributed by atoms with Gasteiger partial charge in [-0.05, 0) is 96.6 Å². The molecule has 0 radical (unpaired) electrons. The van der Waals surface area contributed by atoms with Gasteiger partial charge in [0.05, 0.1) is 11.9 Å². The highest BCUT2D eigenvalue weighted by Crippen LogP contribution is 2.30. The lowest BCUT2D eigenvalue weighted by Gasteiger charge is -2.35. The molecule has 1 fully saturated rings. The Kier molecular flexibility index (Phi) is 14.9. The summed E-state index contributed by atoms with van der Waals surface area (Å²) in [5.74, 6) is 0.718. The third-order valence-corrected chi connectivity index (χ3v) is 5.29. The maximum Gasteiger partial charge on any atom is 0.0818 e. The van der Waals surface area contributed by atoms with Crippen molar-refractivity contribution in [2.75, 3.05) is 46.7 Å². The Balaban J connectivity index is 0.00000100. The predicted octanol–water partition coefficient (Wildman–Crippen LogP) is 2.14. The number of likely N-dealkylation sites (tertiary alicyclic amines) is 1. The molecule has 1 saturated heterocycles. The van der Waals surface area contributed by atoms with Crippen molar-refractivity contribution >= 4 is 5.69 Å². The number of anilines is 1. The van der Waals surface area contributed by atoms with E-state index in [1.165, 1.54) is 49.7 Å². The summed E-state index contributed by atoms with van der Waals surface area (Å²) >= 11 is 0. The molecule has 0 amide bonds. The standard InChI is InChI=1S/C17H29N5.C2H7N.C2H6.CH5N/c1-11-4-5-15-14(10-19-21-15)16(11)17(18)20-12(2)13-6-8-22(3)9-7-13;1-3-2;2*1-2/h4-5,12-13,17,19-21H,6-10,18H2,1-3H3;3H,1-2H3;1-2H3;2H2,1H3. The Morgan fingerprint density at radius 3 is 2.24 bits per heavy atom. The number of nitrogens with zero attached hydrogens (tertiary/aromatic N) is 1. The molecule has 2 atom stereocenters. The van der Waals surface area contributed by atoms with Crippen molar-refractivity contribution in [2.24, 2.45) is 17.4 Å². The van der Waals surface area contributed by atoms with Gasteiger partial charge in [0.1, 0.15) is 0 Å². The highest BCUT2D eigenvalue weighted by atomic mass is 15.4. The van der Waals surface area contributed by atoms with Crippen LogP contribution in [0.5, 0.6) is 0 Å². The van der Waals surface area contributed by atoms with Crippen molar-refractivity contribution in [1.82, 2.24) is 21.0 Å². The average molecular weight is 410 g/mol. The SMILES string of the molecule is CC.CN.CNC.Cc1ccc2c(c1C(N)NC(C)C1CCN(C)CC1)CNN2.